The van der Waals surface area contributed by atoms with Crippen molar-refractivity contribution in [2.24, 2.45) is 0 Å². The number of carbonyl (C=O) groups excluding carboxylic acids is 2. The molecule has 53 heavy (non-hydrogen) atoms. The fraction of sp³-hybridized carbons (Fsp3) is 0.364. The van der Waals surface area contributed by atoms with E-state index in [-0.39, 0.29) is 0 Å². The Labute approximate surface area is 312 Å². The highest BCUT2D eigenvalue weighted by molar-refractivity contribution is 5.91. The number of nitrogens with zero attached hydrogens (tertiary/aromatic N) is 2. The highest BCUT2D eigenvalue weighted by Gasteiger charge is 2.14. The lowest BCUT2D eigenvalue weighted by Gasteiger charge is -2.08. The predicted molar refractivity (Wildman–Crippen MR) is 206 cm³/mol. The molecule has 0 fully saturated rings. The summed E-state index contributed by atoms with van der Waals surface area (Å²) < 4.78 is 28.7. The predicted octanol–water partition coefficient (Wildman–Crippen LogP) is 11.3. The van der Waals surface area contributed by atoms with E-state index in [4.69, 9.17) is 23.4 Å². The summed E-state index contributed by atoms with van der Waals surface area (Å²) in [5, 5.41) is 8.35. The van der Waals surface area contributed by atoms with Crippen LogP contribution in [0.25, 0.3) is 22.9 Å². The van der Waals surface area contributed by atoms with Gasteiger partial charge in [-0.1, -0.05) is 78.1 Å². The Morgan fingerprint density at radius 3 is 1.17 bits per heavy atom. The van der Waals surface area contributed by atoms with Crippen LogP contribution in [0.15, 0.2) is 101 Å². The standard InChI is InChI=1S/C44H50N2O7/c1-3-5-7-9-11-13-31-49-37-23-19-35(20-24-37)43(47)51-39-27-15-33(16-28-39)41-45-46-42(53-41)34-17-29-40(30-18-34)52-44(48)36-21-25-38(26-22-36)50-32-14-12-10-8-6-4-2/h15-30H,3-14,31-32H2,1-2H3. The number of carbonyl (C=O) groups is 2. The molecule has 4 aromatic carbocycles. The van der Waals surface area contributed by atoms with Crippen LogP contribution in [0.5, 0.6) is 23.0 Å². The molecule has 0 radical (unpaired) electrons. The molecule has 9 heteroatoms. The summed E-state index contributed by atoms with van der Waals surface area (Å²) in [6.07, 6.45) is 14.5. The van der Waals surface area contributed by atoms with Crippen LogP contribution in [0, 0.1) is 0 Å². The third-order valence-corrected chi connectivity index (χ3v) is 8.76. The fourth-order valence-corrected chi connectivity index (χ4v) is 5.64. The summed E-state index contributed by atoms with van der Waals surface area (Å²) in [5.41, 5.74) is 2.20. The van der Waals surface area contributed by atoms with Crippen LogP contribution in [0.3, 0.4) is 0 Å². The minimum absolute atomic E-state index is 0.310. The van der Waals surface area contributed by atoms with Gasteiger partial charge >= 0.3 is 11.9 Å². The van der Waals surface area contributed by atoms with Gasteiger partial charge in [-0.3, -0.25) is 0 Å². The molecule has 5 aromatic rings. The van der Waals surface area contributed by atoms with Crippen LogP contribution in [-0.2, 0) is 0 Å². The smallest absolute Gasteiger partial charge is 0.343 e. The normalized spacial score (nSPS) is 10.9. The van der Waals surface area contributed by atoms with E-state index in [1.165, 1.54) is 51.4 Å². The van der Waals surface area contributed by atoms with Gasteiger partial charge in [0.15, 0.2) is 0 Å². The molecule has 278 valence electrons. The van der Waals surface area contributed by atoms with Crippen LogP contribution in [0.4, 0.5) is 0 Å². The molecule has 1 aromatic heterocycles. The lowest BCUT2D eigenvalue weighted by molar-refractivity contribution is 0.0725. The Hall–Kier alpha value is -5.44. The summed E-state index contributed by atoms with van der Waals surface area (Å²) in [6, 6.07) is 27.7. The Bertz CT molecular complexity index is 1680. The number of unbranched alkanes of at least 4 members (excludes halogenated alkanes) is 10. The van der Waals surface area contributed by atoms with Crippen LogP contribution in [-0.4, -0.2) is 35.3 Å². The van der Waals surface area contributed by atoms with Gasteiger partial charge in [-0.2, -0.15) is 0 Å². The van der Waals surface area contributed by atoms with Gasteiger partial charge in [0.05, 0.1) is 24.3 Å². The third-order valence-electron chi connectivity index (χ3n) is 8.76. The maximum Gasteiger partial charge on any atom is 0.343 e. The van der Waals surface area contributed by atoms with E-state index in [1.807, 2.05) is 0 Å². The second-order valence-corrected chi connectivity index (χ2v) is 13.0. The number of ether oxygens (including phenoxy) is 4. The van der Waals surface area contributed by atoms with Crippen molar-refractivity contribution in [3.8, 4) is 45.9 Å². The van der Waals surface area contributed by atoms with E-state index in [1.54, 1.807) is 97.1 Å². The number of hydrogen-bond acceptors (Lipinski definition) is 9. The lowest BCUT2D eigenvalue weighted by atomic mass is 10.1. The van der Waals surface area contributed by atoms with E-state index < -0.39 is 11.9 Å². The minimum Gasteiger partial charge on any atom is -0.494 e. The van der Waals surface area contributed by atoms with E-state index >= 15 is 0 Å². The van der Waals surface area contributed by atoms with E-state index in [0.29, 0.717) is 58.7 Å². The van der Waals surface area contributed by atoms with Crippen molar-refractivity contribution >= 4 is 11.9 Å². The first-order valence-corrected chi connectivity index (χ1v) is 19.0. The Morgan fingerprint density at radius 1 is 0.453 bits per heavy atom. The first kappa shape index (κ1) is 38.8. The first-order chi connectivity index (χ1) is 26.0. The van der Waals surface area contributed by atoms with Gasteiger partial charge < -0.3 is 23.4 Å². The van der Waals surface area contributed by atoms with E-state index in [9.17, 15) is 9.59 Å². The fourth-order valence-electron chi connectivity index (χ4n) is 5.64. The van der Waals surface area contributed by atoms with Crippen molar-refractivity contribution in [1.29, 1.82) is 0 Å². The molecule has 0 aliphatic heterocycles. The molecule has 0 unspecified atom stereocenters. The van der Waals surface area contributed by atoms with Crippen LogP contribution in [0.2, 0.25) is 0 Å². The Balaban J connectivity index is 1.05. The number of rotatable bonds is 22. The van der Waals surface area contributed by atoms with Gasteiger partial charge in [-0.05, 0) is 110 Å². The van der Waals surface area contributed by atoms with Crippen molar-refractivity contribution in [3.05, 3.63) is 108 Å². The molecule has 9 nitrogen and oxygen atoms in total. The van der Waals surface area contributed by atoms with Crippen molar-refractivity contribution in [2.75, 3.05) is 13.2 Å². The first-order valence-electron chi connectivity index (χ1n) is 19.0. The molecule has 0 amide bonds. The SMILES string of the molecule is CCCCCCCCOc1ccc(C(=O)Oc2ccc(-c3nnc(-c4ccc(OC(=O)c5ccc(OCCCCCCCC)cc5)cc4)o3)cc2)cc1. The van der Waals surface area contributed by atoms with Crippen LogP contribution < -0.4 is 18.9 Å². The van der Waals surface area contributed by atoms with Crippen LogP contribution >= 0.6 is 0 Å². The molecular weight excluding hydrogens is 668 g/mol. The van der Waals surface area contributed by atoms with Crippen molar-refractivity contribution < 1.29 is 33.0 Å². The monoisotopic (exact) mass is 718 g/mol. The third kappa shape index (κ3) is 12.6. The number of aromatic nitrogens is 2. The highest BCUT2D eigenvalue weighted by Crippen LogP contribution is 2.27. The molecule has 0 saturated carbocycles. The van der Waals surface area contributed by atoms with Crippen molar-refractivity contribution in [2.45, 2.75) is 90.9 Å². The number of hydrogen-bond donors (Lipinski definition) is 0. The average Bonchev–Trinajstić information content (AvgIpc) is 3.69. The van der Waals surface area contributed by atoms with Gasteiger partial charge in [0.2, 0.25) is 11.8 Å². The van der Waals surface area contributed by atoms with Gasteiger partial charge in [0.25, 0.3) is 0 Å². The van der Waals surface area contributed by atoms with E-state index in [0.717, 1.165) is 37.2 Å². The maximum absolute atomic E-state index is 12.7. The lowest BCUT2D eigenvalue weighted by Crippen LogP contribution is -2.08. The summed E-state index contributed by atoms with van der Waals surface area (Å²) >= 11 is 0. The number of esters is 2. The topological polar surface area (TPSA) is 110 Å². The summed E-state index contributed by atoms with van der Waals surface area (Å²) in [4.78, 5) is 25.5. The quantitative estimate of drug-likeness (QED) is 0.0392. The molecule has 1 heterocycles. The van der Waals surface area contributed by atoms with Gasteiger partial charge in [0, 0.05) is 11.1 Å². The second kappa shape index (κ2) is 21.2. The zero-order valence-electron chi connectivity index (χ0n) is 30.9. The van der Waals surface area contributed by atoms with E-state index in [2.05, 4.69) is 24.0 Å². The molecule has 5 rings (SSSR count). The molecule has 0 spiro atoms. The average molecular weight is 719 g/mol. The van der Waals surface area contributed by atoms with Crippen molar-refractivity contribution in [1.82, 2.24) is 10.2 Å². The molecule has 0 bridgehead atoms. The van der Waals surface area contributed by atoms with Gasteiger partial charge in [0.1, 0.15) is 23.0 Å². The summed E-state index contributed by atoms with van der Waals surface area (Å²) in [7, 11) is 0. The summed E-state index contributed by atoms with van der Waals surface area (Å²) in [5.74, 6) is 1.94. The molecule has 0 saturated heterocycles. The molecular formula is C44H50N2O7. The molecule has 0 N–H and O–H groups in total. The maximum atomic E-state index is 12.7. The van der Waals surface area contributed by atoms with Crippen LogP contribution in [0.1, 0.15) is 112 Å². The second-order valence-electron chi connectivity index (χ2n) is 13.0. The Kier molecular flexibility index (Phi) is 15.5. The van der Waals surface area contributed by atoms with Crippen molar-refractivity contribution in [3.63, 3.8) is 0 Å². The van der Waals surface area contributed by atoms with Gasteiger partial charge in [-0.25, -0.2) is 9.59 Å². The number of benzene rings is 4. The summed E-state index contributed by atoms with van der Waals surface area (Å²) in [6.45, 7) is 5.76. The zero-order chi connectivity index (χ0) is 37.1. The minimum atomic E-state index is -0.462. The largest absolute Gasteiger partial charge is 0.494 e. The Morgan fingerprint density at radius 2 is 0.792 bits per heavy atom. The molecule has 0 atom stereocenters. The van der Waals surface area contributed by atoms with Gasteiger partial charge in [-0.15, -0.1) is 10.2 Å². The molecule has 0 aliphatic carbocycles. The zero-order valence-corrected chi connectivity index (χ0v) is 30.9. The molecule has 0 aliphatic rings. The highest BCUT2D eigenvalue weighted by atomic mass is 16.5.